The SMILES string of the molecule is Cc1c(C(=O)CC(C)C)c(O)n(C(C)c2ccccc2)c(=O)c1C#N. The molecule has 0 aliphatic carbocycles. The van der Waals surface area contributed by atoms with Crippen LogP contribution in [0.15, 0.2) is 35.1 Å². The monoisotopic (exact) mass is 338 g/mol. The van der Waals surface area contributed by atoms with Gasteiger partial charge >= 0.3 is 0 Å². The van der Waals surface area contributed by atoms with Crippen molar-refractivity contribution in [2.45, 2.75) is 40.2 Å². The second-order valence-electron chi connectivity index (χ2n) is 6.59. The molecule has 0 spiro atoms. The molecule has 1 unspecified atom stereocenters. The van der Waals surface area contributed by atoms with Gasteiger partial charge in [-0.2, -0.15) is 5.26 Å². The van der Waals surface area contributed by atoms with Crippen molar-refractivity contribution in [1.29, 1.82) is 5.26 Å². The molecule has 5 heteroatoms. The number of aromatic nitrogens is 1. The highest BCUT2D eigenvalue weighted by Crippen LogP contribution is 2.29. The third-order valence-electron chi connectivity index (χ3n) is 4.29. The van der Waals surface area contributed by atoms with Crippen LogP contribution in [0.4, 0.5) is 0 Å². The smallest absolute Gasteiger partial charge is 0.272 e. The van der Waals surface area contributed by atoms with E-state index in [4.69, 9.17) is 0 Å². The van der Waals surface area contributed by atoms with E-state index in [1.807, 2.05) is 50.2 Å². The van der Waals surface area contributed by atoms with E-state index in [1.54, 1.807) is 6.92 Å². The summed E-state index contributed by atoms with van der Waals surface area (Å²) in [6.45, 7) is 7.09. The van der Waals surface area contributed by atoms with Crippen molar-refractivity contribution < 1.29 is 9.90 Å². The Labute approximate surface area is 147 Å². The number of pyridine rings is 1. The normalized spacial score (nSPS) is 12.0. The molecule has 0 radical (unpaired) electrons. The van der Waals surface area contributed by atoms with Crippen LogP contribution in [0.2, 0.25) is 0 Å². The molecular weight excluding hydrogens is 316 g/mol. The van der Waals surface area contributed by atoms with E-state index in [0.717, 1.165) is 10.1 Å². The Bertz CT molecular complexity index is 890. The number of benzene rings is 1. The molecule has 1 aromatic carbocycles. The summed E-state index contributed by atoms with van der Waals surface area (Å²) < 4.78 is 1.13. The molecule has 0 fully saturated rings. The molecule has 1 atom stereocenters. The van der Waals surface area contributed by atoms with E-state index in [1.165, 1.54) is 6.92 Å². The summed E-state index contributed by atoms with van der Waals surface area (Å²) in [7, 11) is 0. The number of nitrogens with zero attached hydrogens (tertiary/aromatic N) is 2. The maximum Gasteiger partial charge on any atom is 0.272 e. The molecule has 5 nitrogen and oxygen atoms in total. The van der Waals surface area contributed by atoms with Crippen molar-refractivity contribution in [1.82, 2.24) is 4.57 Å². The molecule has 2 aromatic rings. The van der Waals surface area contributed by atoms with Crippen LogP contribution in [0.3, 0.4) is 0 Å². The van der Waals surface area contributed by atoms with Crippen LogP contribution in [-0.2, 0) is 0 Å². The molecule has 130 valence electrons. The van der Waals surface area contributed by atoms with Crippen molar-refractivity contribution in [3.05, 3.63) is 62.9 Å². The standard InChI is InChI=1S/C20H22N2O3/c1-12(2)10-17(23)18-13(3)16(11-21)19(24)22(20(18)25)14(4)15-8-6-5-7-9-15/h5-9,12,14,25H,10H2,1-4H3. The van der Waals surface area contributed by atoms with Crippen molar-refractivity contribution in [2.24, 2.45) is 5.92 Å². The molecule has 1 aromatic heterocycles. The Morgan fingerprint density at radius 3 is 2.36 bits per heavy atom. The van der Waals surface area contributed by atoms with Crippen LogP contribution in [0.25, 0.3) is 0 Å². The van der Waals surface area contributed by atoms with Crippen LogP contribution in [-0.4, -0.2) is 15.5 Å². The second kappa shape index (κ2) is 7.35. The van der Waals surface area contributed by atoms with Crippen LogP contribution in [0.1, 0.15) is 60.3 Å². The van der Waals surface area contributed by atoms with Gasteiger partial charge in [-0.25, -0.2) is 0 Å². The molecule has 0 saturated heterocycles. The molecule has 1 N–H and O–H groups in total. The maximum atomic E-state index is 12.7. The fourth-order valence-electron chi connectivity index (χ4n) is 2.97. The van der Waals surface area contributed by atoms with E-state index >= 15 is 0 Å². The van der Waals surface area contributed by atoms with Crippen molar-refractivity contribution in [3.63, 3.8) is 0 Å². The first-order valence-electron chi connectivity index (χ1n) is 8.25. The average molecular weight is 338 g/mol. The number of Topliss-reactive ketones (excluding diaryl/α,β-unsaturated/α-hetero) is 1. The van der Waals surface area contributed by atoms with Crippen molar-refractivity contribution in [2.75, 3.05) is 0 Å². The van der Waals surface area contributed by atoms with Crippen molar-refractivity contribution in [3.8, 4) is 11.9 Å². The highest BCUT2D eigenvalue weighted by Gasteiger charge is 2.26. The van der Waals surface area contributed by atoms with Crippen LogP contribution < -0.4 is 5.56 Å². The Balaban J connectivity index is 2.75. The zero-order valence-electron chi connectivity index (χ0n) is 14.9. The lowest BCUT2D eigenvalue weighted by atomic mass is 9.95. The van der Waals surface area contributed by atoms with E-state index in [-0.39, 0.29) is 40.7 Å². The summed E-state index contributed by atoms with van der Waals surface area (Å²) >= 11 is 0. The summed E-state index contributed by atoms with van der Waals surface area (Å²) in [5.41, 5.74) is 0.414. The minimum atomic E-state index is -0.588. The van der Waals surface area contributed by atoms with Crippen LogP contribution in [0.5, 0.6) is 5.88 Å². The quantitative estimate of drug-likeness (QED) is 0.845. The molecule has 25 heavy (non-hydrogen) atoms. The van der Waals surface area contributed by atoms with Gasteiger partial charge in [0.15, 0.2) is 5.78 Å². The predicted molar refractivity (Wildman–Crippen MR) is 95.9 cm³/mol. The Hall–Kier alpha value is -2.87. The summed E-state index contributed by atoms with van der Waals surface area (Å²) in [5.74, 6) is -0.539. The van der Waals surface area contributed by atoms with Gasteiger partial charge in [0.05, 0.1) is 11.6 Å². The first kappa shape index (κ1) is 18.5. The van der Waals surface area contributed by atoms with Gasteiger partial charge in [-0.15, -0.1) is 0 Å². The van der Waals surface area contributed by atoms with Gasteiger partial charge in [-0.05, 0) is 30.9 Å². The number of rotatable bonds is 5. The summed E-state index contributed by atoms with van der Waals surface area (Å²) in [4.78, 5) is 25.3. The Morgan fingerprint density at radius 2 is 1.84 bits per heavy atom. The largest absolute Gasteiger partial charge is 0.494 e. The van der Waals surface area contributed by atoms with Crippen LogP contribution >= 0.6 is 0 Å². The lowest BCUT2D eigenvalue weighted by molar-refractivity contribution is 0.0962. The van der Waals surface area contributed by atoms with E-state index in [2.05, 4.69) is 0 Å². The molecule has 0 amide bonds. The van der Waals surface area contributed by atoms with E-state index < -0.39 is 11.6 Å². The lowest BCUT2D eigenvalue weighted by Crippen LogP contribution is -2.29. The Kier molecular flexibility index (Phi) is 5.43. The Morgan fingerprint density at radius 1 is 1.24 bits per heavy atom. The first-order chi connectivity index (χ1) is 11.8. The third kappa shape index (κ3) is 3.48. The number of nitriles is 1. The topological polar surface area (TPSA) is 83.1 Å². The van der Waals surface area contributed by atoms with Gasteiger partial charge in [0, 0.05) is 6.42 Å². The molecule has 2 rings (SSSR count). The third-order valence-corrected chi connectivity index (χ3v) is 4.29. The predicted octanol–water partition coefficient (Wildman–Crippen LogP) is 3.57. The fraction of sp³-hybridized carbons (Fsp3) is 0.350. The number of hydrogen-bond acceptors (Lipinski definition) is 4. The molecule has 0 saturated carbocycles. The van der Waals surface area contributed by atoms with Crippen LogP contribution in [0, 0.1) is 24.2 Å². The van der Waals surface area contributed by atoms with Gasteiger partial charge in [0.25, 0.3) is 5.56 Å². The lowest BCUT2D eigenvalue weighted by Gasteiger charge is -2.21. The second-order valence-corrected chi connectivity index (χ2v) is 6.59. The number of ketones is 1. The van der Waals surface area contributed by atoms with Gasteiger partial charge < -0.3 is 5.11 Å². The number of aromatic hydroxyl groups is 1. The van der Waals surface area contributed by atoms with Gasteiger partial charge in [0.1, 0.15) is 11.6 Å². The summed E-state index contributed by atoms with van der Waals surface area (Å²) in [6.07, 6.45) is 0.233. The minimum Gasteiger partial charge on any atom is -0.494 e. The molecule has 0 aliphatic rings. The maximum absolute atomic E-state index is 12.7. The number of hydrogen-bond donors (Lipinski definition) is 1. The molecular formula is C20H22N2O3. The average Bonchev–Trinajstić information content (AvgIpc) is 2.55. The summed E-state index contributed by atoms with van der Waals surface area (Å²) in [6, 6.07) is 10.6. The number of carbonyl (C=O) groups is 1. The van der Waals surface area contributed by atoms with E-state index in [0.29, 0.717) is 0 Å². The fourth-order valence-corrected chi connectivity index (χ4v) is 2.97. The zero-order chi connectivity index (χ0) is 18.7. The number of carbonyl (C=O) groups excluding carboxylic acids is 1. The summed E-state index contributed by atoms with van der Waals surface area (Å²) in [5, 5.41) is 20.1. The molecule has 0 aliphatic heterocycles. The first-order valence-corrected chi connectivity index (χ1v) is 8.25. The zero-order valence-corrected chi connectivity index (χ0v) is 14.9. The molecule has 0 bridgehead atoms. The van der Waals surface area contributed by atoms with E-state index in [9.17, 15) is 20.0 Å². The minimum absolute atomic E-state index is 0.0626. The van der Waals surface area contributed by atoms with Gasteiger partial charge in [-0.1, -0.05) is 44.2 Å². The van der Waals surface area contributed by atoms with Gasteiger partial charge in [0.2, 0.25) is 5.88 Å². The molecule has 1 heterocycles. The highest BCUT2D eigenvalue weighted by molar-refractivity contribution is 6.00. The van der Waals surface area contributed by atoms with Gasteiger partial charge in [-0.3, -0.25) is 14.2 Å². The van der Waals surface area contributed by atoms with Crippen molar-refractivity contribution >= 4 is 5.78 Å². The highest BCUT2D eigenvalue weighted by atomic mass is 16.3.